The van der Waals surface area contributed by atoms with Crippen LogP contribution in [0.4, 0.5) is 4.79 Å². The van der Waals surface area contributed by atoms with Gasteiger partial charge in [-0.3, -0.25) is 0 Å². The van der Waals surface area contributed by atoms with E-state index in [1.165, 1.54) is 11.1 Å². The second kappa shape index (κ2) is 7.88. The summed E-state index contributed by atoms with van der Waals surface area (Å²) in [5.41, 5.74) is 2.70. The molecule has 0 radical (unpaired) electrons. The summed E-state index contributed by atoms with van der Waals surface area (Å²) in [4.78, 5) is 12.2. The largest absolute Gasteiger partial charge is 0.497 e. The molecular weight excluding hydrogens is 304 g/mol. The lowest BCUT2D eigenvalue weighted by Gasteiger charge is -2.27. The Hall–Kier alpha value is -1.75. The highest BCUT2D eigenvalue weighted by molar-refractivity contribution is 5.74. The van der Waals surface area contributed by atoms with Crippen LogP contribution in [-0.4, -0.2) is 38.9 Å². The van der Waals surface area contributed by atoms with Gasteiger partial charge in [-0.15, -0.1) is 0 Å². The number of amides is 2. The van der Waals surface area contributed by atoms with Crippen molar-refractivity contribution in [3.8, 4) is 5.75 Å². The fourth-order valence-electron chi connectivity index (χ4n) is 3.77. The molecule has 0 saturated carbocycles. The first-order valence-electron chi connectivity index (χ1n) is 8.96. The van der Waals surface area contributed by atoms with Crippen molar-refractivity contribution in [3.05, 3.63) is 29.3 Å². The number of carbonyl (C=O) groups excluding carboxylic acids is 1. The topological polar surface area (TPSA) is 59.6 Å². The molecule has 1 aliphatic carbocycles. The Morgan fingerprint density at radius 2 is 2.29 bits per heavy atom. The summed E-state index contributed by atoms with van der Waals surface area (Å²) in [7, 11) is 1.70. The number of aryl methyl sites for hydroxylation is 1. The number of carbonyl (C=O) groups is 1. The van der Waals surface area contributed by atoms with Crippen molar-refractivity contribution in [2.75, 3.05) is 26.9 Å². The van der Waals surface area contributed by atoms with Crippen molar-refractivity contribution >= 4 is 6.03 Å². The highest BCUT2D eigenvalue weighted by Crippen LogP contribution is 2.33. The Morgan fingerprint density at radius 3 is 3.04 bits per heavy atom. The van der Waals surface area contributed by atoms with Gasteiger partial charge in [-0.2, -0.15) is 0 Å². The van der Waals surface area contributed by atoms with Gasteiger partial charge in [0.25, 0.3) is 0 Å². The van der Waals surface area contributed by atoms with Crippen molar-refractivity contribution in [3.63, 3.8) is 0 Å². The summed E-state index contributed by atoms with van der Waals surface area (Å²) in [5, 5.41) is 6.11. The van der Waals surface area contributed by atoms with Crippen molar-refractivity contribution in [2.24, 2.45) is 5.92 Å². The van der Waals surface area contributed by atoms with E-state index in [1.807, 2.05) is 6.07 Å². The van der Waals surface area contributed by atoms with E-state index in [2.05, 4.69) is 29.7 Å². The summed E-state index contributed by atoms with van der Waals surface area (Å²) in [6, 6.07) is 6.37. The number of ether oxygens (including phenoxy) is 2. The first kappa shape index (κ1) is 17.1. The Labute approximate surface area is 144 Å². The van der Waals surface area contributed by atoms with E-state index >= 15 is 0 Å². The first-order chi connectivity index (χ1) is 11.7. The zero-order valence-corrected chi connectivity index (χ0v) is 14.6. The number of methoxy groups -OCH3 is 1. The first-order valence-corrected chi connectivity index (χ1v) is 8.96. The highest BCUT2D eigenvalue weighted by Gasteiger charge is 2.25. The van der Waals surface area contributed by atoms with E-state index in [-0.39, 0.29) is 12.1 Å². The van der Waals surface area contributed by atoms with Gasteiger partial charge in [-0.25, -0.2) is 4.79 Å². The van der Waals surface area contributed by atoms with Crippen molar-refractivity contribution in [1.82, 2.24) is 10.6 Å². The predicted molar refractivity (Wildman–Crippen MR) is 93.6 cm³/mol. The summed E-state index contributed by atoms with van der Waals surface area (Å²) in [6.07, 6.45) is 4.39. The zero-order chi connectivity index (χ0) is 16.9. The van der Waals surface area contributed by atoms with Gasteiger partial charge in [0, 0.05) is 31.0 Å². The van der Waals surface area contributed by atoms with E-state index < -0.39 is 0 Å². The number of fused-ring (bicyclic) bond motifs is 1. The predicted octanol–water partition coefficient (Wildman–Crippen LogP) is 2.84. The summed E-state index contributed by atoms with van der Waals surface area (Å²) >= 11 is 0. The quantitative estimate of drug-likeness (QED) is 0.872. The van der Waals surface area contributed by atoms with Crippen LogP contribution >= 0.6 is 0 Å². The maximum Gasteiger partial charge on any atom is 0.315 e. The number of nitrogens with one attached hydrogen (secondary N) is 2. The minimum Gasteiger partial charge on any atom is -0.497 e. The van der Waals surface area contributed by atoms with Crippen LogP contribution in [0.1, 0.15) is 43.2 Å². The molecule has 5 heteroatoms. The molecule has 0 unspecified atom stereocenters. The SMILES string of the molecule is COc1ccc2c(c1)CCC[C@@H]2CNC(=O)N[C@H](C)[C@H]1CCOC1. The Bertz CT molecular complexity index is 570. The fourth-order valence-corrected chi connectivity index (χ4v) is 3.77. The molecular formula is C19H28N2O3. The average molecular weight is 332 g/mol. The third kappa shape index (κ3) is 4.01. The molecule has 2 amide bonds. The second-order valence-electron chi connectivity index (χ2n) is 6.92. The van der Waals surface area contributed by atoms with Crippen LogP contribution in [0.25, 0.3) is 0 Å². The maximum absolute atomic E-state index is 12.2. The highest BCUT2D eigenvalue weighted by atomic mass is 16.5. The van der Waals surface area contributed by atoms with Gasteiger partial charge in [0.15, 0.2) is 0 Å². The summed E-state index contributed by atoms with van der Waals surface area (Å²) in [6.45, 7) is 4.29. The monoisotopic (exact) mass is 332 g/mol. The average Bonchev–Trinajstić information content (AvgIpc) is 3.14. The Kier molecular flexibility index (Phi) is 5.61. The lowest BCUT2D eigenvalue weighted by molar-refractivity contribution is 0.178. The molecule has 2 aliphatic rings. The molecule has 24 heavy (non-hydrogen) atoms. The molecule has 0 bridgehead atoms. The van der Waals surface area contributed by atoms with Gasteiger partial charge in [0.2, 0.25) is 0 Å². The van der Waals surface area contributed by atoms with Crippen LogP contribution in [0.15, 0.2) is 18.2 Å². The summed E-state index contributed by atoms with van der Waals surface area (Å²) < 4.78 is 10.7. The van der Waals surface area contributed by atoms with Gasteiger partial charge in [-0.1, -0.05) is 6.07 Å². The minimum atomic E-state index is -0.0740. The van der Waals surface area contributed by atoms with Crippen LogP contribution in [0.3, 0.4) is 0 Å². The fraction of sp³-hybridized carbons (Fsp3) is 0.632. The van der Waals surface area contributed by atoms with Gasteiger partial charge in [0.05, 0.1) is 13.7 Å². The zero-order valence-electron chi connectivity index (χ0n) is 14.6. The lowest BCUT2D eigenvalue weighted by atomic mass is 9.82. The number of rotatable bonds is 5. The second-order valence-corrected chi connectivity index (χ2v) is 6.92. The molecule has 1 aromatic rings. The normalized spacial score (nSPS) is 24.1. The lowest BCUT2D eigenvalue weighted by Crippen LogP contribution is -2.45. The van der Waals surface area contributed by atoms with E-state index in [4.69, 9.17) is 9.47 Å². The maximum atomic E-state index is 12.2. The molecule has 0 aromatic heterocycles. The van der Waals surface area contributed by atoms with E-state index in [9.17, 15) is 4.79 Å². The standard InChI is InChI=1S/C19H28N2O3/c1-13(16-8-9-24-12-16)21-19(22)20-11-15-5-3-4-14-10-17(23-2)6-7-18(14)15/h6-7,10,13,15-16H,3-5,8-9,11-12H2,1-2H3,(H2,20,21,22)/t13-,15-,16+/m1/s1. The Balaban J connectivity index is 1.52. The molecule has 2 N–H and O–H groups in total. The minimum absolute atomic E-state index is 0.0740. The van der Waals surface area contributed by atoms with E-state index in [1.54, 1.807) is 7.11 Å². The molecule has 132 valence electrons. The molecule has 1 aromatic carbocycles. The van der Waals surface area contributed by atoms with Gasteiger partial charge < -0.3 is 20.1 Å². The summed E-state index contributed by atoms with van der Waals surface area (Å²) in [5.74, 6) is 1.72. The number of hydrogen-bond donors (Lipinski definition) is 2. The molecule has 1 aliphatic heterocycles. The Morgan fingerprint density at radius 1 is 1.42 bits per heavy atom. The third-order valence-electron chi connectivity index (χ3n) is 5.33. The molecule has 1 saturated heterocycles. The van der Waals surface area contributed by atoms with Gasteiger partial charge in [0.1, 0.15) is 5.75 Å². The van der Waals surface area contributed by atoms with Crippen LogP contribution in [-0.2, 0) is 11.2 Å². The van der Waals surface area contributed by atoms with Crippen molar-refractivity contribution < 1.29 is 14.3 Å². The number of urea groups is 1. The van der Waals surface area contributed by atoms with Crippen LogP contribution in [0, 0.1) is 5.92 Å². The molecule has 3 atom stereocenters. The van der Waals surface area contributed by atoms with Crippen molar-refractivity contribution in [2.45, 2.75) is 44.6 Å². The van der Waals surface area contributed by atoms with Crippen molar-refractivity contribution in [1.29, 1.82) is 0 Å². The molecule has 1 fully saturated rings. The van der Waals surface area contributed by atoms with E-state index in [0.29, 0.717) is 18.4 Å². The number of hydrogen-bond acceptors (Lipinski definition) is 3. The van der Waals surface area contributed by atoms with Gasteiger partial charge >= 0.3 is 6.03 Å². The third-order valence-corrected chi connectivity index (χ3v) is 5.33. The molecule has 1 heterocycles. The molecule has 3 rings (SSSR count). The van der Waals surface area contributed by atoms with E-state index in [0.717, 1.165) is 44.6 Å². The number of benzene rings is 1. The van der Waals surface area contributed by atoms with Gasteiger partial charge in [-0.05, 0) is 55.9 Å². The molecule has 5 nitrogen and oxygen atoms in total. The van der Waals surface area contributed by atoms with Crippen LogP contribution < -0.4 is 15.4 Å². The van der Waals surface area contributed by atoms with Crippen LogP contribution in [0.5, 0.6) is 5.75 Å². The smallest absolute Gasteiger partial charge is 0.315 e. The van der Waals surface area contributed by atoms with Crippen LogP contribution in [0.2, 0.25) is 0 Å². The molecule has 0 spiro atoms.